The van der Waals surface area contributed by atoms with E-state index in [2.05, 4.69) is 20.3 Å². The SMILES string of the molecule is Cc1nccn1-c1nccnc1[C@H]1CCCNC1. The molecule has 0 amide bonds. The topological polar surface area (TPSA) is 55.6 Å². The van der Waals surface area contributed by atoms with E-state index in [1.54, 1.807) is 18.6 Å². The lowest BCUT2D eigenvalue weighted by molar-refractivity contribution is 0.452. The molecule has 2 aromatic heterocycles. The van der Waals surface area contributed by atoms with Gasteiger partial charge in [-0.25, -0.2) is 9.97 Å². The highest BCUT2D eigenvalue weighted by atomic mass is 15.1. The normalized spacial score (nSPS) is 19.9. The first kappa shape index (κ1) is 11.3. The molecule has 1 aliphatic rings. The van der Waals surface area contributed by atoms with Gasteiger partial charge in [0.15, 0.2) is 5.82 Å². The number of aromatic nitrogens is 4. The van der Waals surface area contributed by atoms with Gasteiger partial charge in [0.1, 0.15) is 5.82 Å². The summed E-state index contributed by atoms with van der Waals surface area (Å²) in [7, 11) is 0. The molecule has 0 spiro atoms. The average molecular weight is 243 g/mol. The molecular formula is C13H17N5. The summed E-state index contributed by atoms with van der Waals surface area (Å²) in [6.45, 7) is 4.08. The molecule has 0 saturated carbocycles. The van der Waals surface area contributed by atoms with Gasteiger partial charge in [-0.3, -0.25) is 9.55 Å². The van der Waals surface area contributed by atoms with E-state index in [4.69, 9.17) is 0 Å². The number of hydrogen-bond acceptors (Lipinski definition) is 4. The predicted molar refractivity (Wildman–Crippen MR) is 68.7 cm³/mol. The predicted octanol–water partition coefficient (Wildman–Crippen LogP) is 1.44. The van der Waals surface area contributed by atoms with Crippen LogP contribution in [-0.2, 0) is 0 Å². The van der Waals surface area contributed by atoms with Crippen LogP contribution in [0.1, 0.15) is 30.3 Å². The molecule has 1 atom stereocenters. The number of aryl methyl sites for hydroxylation is 1. The van der Waals surface area contributed by atoms with Gasteiger partial charge < -0.3 is 5.32 Å². The summed E-state index contributed by atoms with van der Waals surface area (Å²) in [5, 5.41) is 3.43. The Morgan fingerprint density at radius 1 is 1.22 bits per heavy atom. The first-order valence-corrected chi connectivity index (χ1v) is 6.38. The van der Waals surface area contributed by atoms with Crippen molar-refractivity contribution in [3.63, 3.8) is 0 Å². The Kier molecular flexibility index (Phi) is 3.06. The Balaban J connectivity index is 2.02. The van der Waals surface area contributed by atoms with Gasteiger partial charge in [-0.1, -0.05) is 0 Å². The minimum Gasteiger partial charge on any atom is -0.316 e. The van der Waals surface area contributed by atoms with Gasteiger partial charge in [-0.05, 0) is 26.3 Å². The molecular weight excluding hydrogens is 226 g/mol. The van der Waals surface area contributed by atoms with Crippen LogP contribution < -0.4 is 5.32 Å². The maximum absolute atomic E-state index is 4.55. The third kappa shape index (κ3) is 2.01. The van der Waals surface area contributed by atoms with Crippen molar-refractivity contribution < 1.29 is 0 Å². The Morgan fingerprint density at radius 3 is 2.83 bits per heavy atom. The van der Waals surface area contributed by atoms with E-state index in [1.165, 1.54) is 12.8 Å². The van der Waals surface area contributed by atoms with Gasteiger partial charge in [-0.2, -0.15) is 0 Å². The first-order valence-electron chi connectivity index (χ1n) is 6.38. The maximum atomic E-state index is 4.55. The van der Waals surface area contributed by atoms with Gasteiger partial charge in [-0.15, -0.1) is 0 Å². The smallest absolute Gasteiger partial charge is 0.160 e. The van der Waals surface area contributed by atoms with Crippen molar-refractivity contribution in [2.24, 2.45) is 0 Å². The summed E-state index contributed by atoms with van der Waals surface area (Å²) in [4.78, 5) is 13.3. The number of rotatable bonds is 2. The van der Waals surface area contributed by atoms with Crippen molar-refractivity contribution >= 4 is 0 Å². The third-order valence-corrected chi connectivity index (χ3v) is 3.44. The molecule has 18 heavy (non-hydrogen) atoms. The molecule has 0 unspecified atom stereocenters. The van der Waals surface area contributed by atoms with Gasteiger partial charge >= 0.3 is 0 Å². The van der Waals surface area contributed by atoms with E-state index < -0.39 is 0 Å². The summed E-state index contributed by atoms with van der Waals surface area (Å²) in [5.74, 6) is 2.31. The highest BCUT2D eigenvalue weighted by Gasteiger charge is 2.21. The average Bonchev–Trinajstić information content (AvgIpc) is 2.86. The van der Waals surface area contributed by atoms with E-state index in [9.17, 15) is 0 Å². The monoisotopic (exact) mass is 243 g/mol. The highest BCUT2D eigenvalue weighted by molar-refractivity contribution is 5.32. The molecule has 1 aliphatic heterocycles. The van der Waals surface area contributed by atoms with Crippen LogP contribution in [0, 0.1) is 6.92 Å². The zero-order valence-electron chi connectivity index (χ0n) is 10.5. The molecule has 0 radical (unpaired) electrons. The summed E-state index contributed by atoms with van der Waals surface area (Å²) in [6, 6.07) is 0. The van der Waals surface area contributed by atoms with Crippen LogP contribution >= 0.6 is 0 Å². The molecule has 2 aromatic rings. The van der Waals surface area contributed by atoms with Crippen LogP contribution in [0.2, 0.25) is 0 Å². The van der Waals surface area contributed by atoms with Crippen LogP contribution in [0.25, 0.3) is 5.82 Å². The van der Waals surface area contributed by atoms with E-state index >= 15 is 0 Å². The van der Waals surface area contributed by atoms with Crippen molar-refractivity contribution in [1.29, 1.82) is 0 Å². The number of hydrogen-bond donors (Lipinski definition) is 1. The van der Waals surface area contributed by atoms with Gasteiger partial charge in [0.05, 0.1) is 5.69 Å². The quantitative estimate of drug-likeness (QED) is 0.867. The fraction of sp³-hybridized carbons (Fsp3) is 0.462. The first-order chi connectivity index (χ1) is 8.86. The van der Waals surface area contributed by atoms with Crippen molar-refractivity contribution in [3.8, 4) is 5.82 Å². The summed E-state index contributed by atoms with van der Waals surface area (Å²) in [6.07, 6.45) is 9.64. The summed E-state index contributed by atoms with van der Waals surface area (Å²) >= 11 is 0. The lowest BCUT2D eigenvalue weighted by Crippen LogP contribution is -2.29. The van der Waals surface area contributed by atoms with E-state index in [1.807, 2.05) is 17.7 Å². The van der Waals surface area contributed by atoms with Crippen LogP contribution in [-0.4, -0.2) is 32.6 Å². The third-order valence-electron chi connectivity index (χ3n) is 3.44. The fourth-order valence-corrected chi connectivity index (χ4v) is 2.50. The molecule has 0 aliphatic carbocycles. The van der Waals surface area contributed by atoms with Crippen LogP contribution in [0.15, 0.2) is 24.8 Å². The Bertz CT molecular complexity index is 528. The molecule has 3 heterocycles. The minimum absolute atomic E-state index is 0.448. The van der Waals surface area contributed by atoms with Gasteiger partial charge in [0.25, 0.3) is 0 Å². The highest BCUT2D eigenvalue weighted by Crippen LogP contribution is 2.25. The largest absolute Gasteiger partial charge is 0.316 e. The van der Waals surface area contributed by atoms with Gasteiger partial charge in [0, 0.05) is 37.3 Å². The second-order valence-corrected chi connectivity index (χ2v) is 4.65. The Hall–Kier alpha value is -1.75. The Labute approximate surface area is 106 Å². The minimum atomic E-state index is 0.448. The fourth-order valence-electron chi connectivity index (χ4n) is 2.50. The molecule has 5 heteroatoms. The van der Waals surface area contributed by atoms with Crippen LogP contribution in [0.4, 0.5) is 0 Å². The van der Waals surface area contributed by atoms with E-state index in [0.717, 1.165) is 30.4 Å². The Morgan fingerprint density at radius 2 is 2.11 bits per heavy atom. The second kappa shape index (κ2) is 4.86. The number of nitrogens with one attached hydrogen (secondary N) is 1. The lowest BCUT2D eigenvalue weighted by Gasteiger charge is -2.23. The molecule has 0 aromatic carbocycles. The summed E-state index contributed by atoms with van der Waals surface area (Å²) < 4.78 is 2.01. The van der Waals surface area contributed by atoms with Crippen molar-refractivity contribution in [2.75, 3.05) is 13.1 Å². The van der Waals surface area contributed by atoms with Crippen molar-refractivity contribution in [2.45, 2.75) is 25.7 Å². The maximum Gasteiger partial charge on any atom is 0.160 e. The lowest BCUT2D eigenvalue weighted by atomic mass is 9.96. The van der Waals surface area contributed by atoms with Crippen LogP contribution in [0.5, 0.6) is 0 Å². The van der Waals surface area contributed by atoms with E-state index in [0.29, 0.717) is 5.92 Å². The second-order valence-electron chi connectivity index (χ2n) is 4.65. The molecule has 5 nitrogen and oxygen atoms in total. The summed E-state index contributed by atoms with van der Waals surface area (Å²) in [5.41, 5.74) is 1.07. The number of piperidine rings is 1. The zero-order valence-corrected chi connectivity index (χ0v) is 10.5. The molecule has 1 fully saturated rings. The number of nitrogens with zero attached hydrogens (tertiary/aromatic N) is 4. The molecule has 1 N–H and O–H groups in total. The standard InChI is InChI=1S/C13H17N5/c1-10-15-7-8-18(10)13-12(16-5-6-17-13)11-3-2-4-14-9-11/h5-8,11,14H,2-4,9H2,1H3/t11-/m0/s1. The van der Waals surface area contributed by atoms with Crippen molar-refractivity contribution in [1.82, 2.24) is 24.8 Å². The number of imidazole rings is 1. The molecule has 94 valence electrons. The molecule has 3 rings (SSSR count). The zero-order chi connectivity index (χ0) is 12.4. The van der Waals surface area contributed by atoms with Crippen LogP contribution in [0.3, 0.4) is 0 Å². The van der Waals surface area contributed by atoms with Gasteiger partial charge in [0.2, 0.25) is 0 Å². The molecule has 0 bridgehead atoms. The van der Waals surface area contributed by atoms with E-state index in [-0.39, 0.29) is 0 Å². The van der Waals surface area contributed by atoms with Crippen molar-refractivity contribution in [3.05, 3.63) is 36.3 Å². The molecule has 1 saturated heterocycles.